The number of fused-ring (bicyclic) bond motifs is 1. The summed E-state index contributed by atoms with van der Waals surface area (Å²) in [5.74, 6) is -0.533. The van der Waals surface area contributed by atoms with Crippen molar-refractivity contribution in [1.29, 1.82) is 0 Å². The third-order valence-electron chi connectivity index (χ3n) is 6.08. The summed E-state index contributed by atoms with van der Waals surface area (Å²) in [6.07, 6.45) is 0.225. The number of carbonyl (C=O) groups is 2. The standard InChI is InChI=1S/C28H27BrN2O5S/c1-3-25(32)27-26(19-7-5-4-6-8-19)24-17-22(29)12-9-21(24)18-31(27)28(33)20-10-13-23(14-11-20)37(34,35)30-15-16-36-2/h4-14,17,30H,3,15-16,18H2,1-2H3. The average Bonchev–Trinajstić information content (AvgIpc) is 2.91. The summed E-state index contributed by atoms with van der Waals surface area (Å²) in [7, 11) is -2.25. The smallest absolute Gasteiger partial charge is 0.258 e. The monoisotopic (exact) mass is 582 g/mol. The van der Waals surface area contributed by atoms with Gasteiger partial charge in [-0.3, -0.25) is 14.5 Å². The highest BCUT2D eigenvalue weighted by atomic mass is 79.9. The molecule has 1 aliphatic rings. The van der Waals surface area contributed by atoms with E-state index in [1.165, 1.54) is 36.3 Å². The first-order chi connectivity index (χ1) is 17.8. The van der Waals surface area contributed by atoms with Gasteiger partial charge in [-0.05, 0) is 53.1 Å². The Kier molecular flexibility index (Phi) is 8.39. The molecule has 0 saturated carbocycles. The zero-order valence-electron chi connectivity index (χ0n) is 20.5. The van der Waals surface area contributed by atoms with Crippen LogP contribution in [0.4, 0.5) is 0 Å². The number of carbonyl (C=O) groups excluding carboxylic acids is 2. The number of hydrogen-bond donors (Lipinski definition) is 1. The van der Waals surface area contributed by atoms with E-state index in [-0.39, 0.29) is 48.3 Å². The summed E-state index contributed by atoms with van der Waals surface area (Å²) >= 11 is 3.54. The Labute approximate surface area is 225 Å². The second kappa shape index (κ2) is 11.5. The largest absolute Gasteiger partial charge is 0.383 e. The van der Waals surface area contributed by atoms with E-state index >= 15 is 0 Å². The normalized spacial score (nSPS) is 13.4. The van der Waals surface area contributed by atoms with Crippen molar-refractivity contribution in [3.63, 3.8) is 0 Å². The van der Waals surface area contributed by atoms with Crippen LogP contribution < -0.4 is 4.72 Å². The van der Waals surface area contributed by atoms with Crippen molar-refractivity contribution in [2.75, 3.05) is 20.3 Å². The molecule has 1 N–H and O–H groups in total. The molecule has 7 nitrogen and oxygen atoms in total. The molecule has 192 valence electrons. The number of methoxy groups -OCH3 is 1. The molecule has 1 heterocycles. The van der Waals surface area contributed by atoms with Crippen LogP contribution in [-0.4, -0.2) is 45.3 Å². The molecule has 3 aromatic rings. The summed E-state index contributed by atoms with van der Waals surface area (Å²) in [6.45, 7) is 2.37. The number of ether oxygens (including phenoxy) is 1. The van der Waals surface area contributed by atoms with Gasteiger partial charge in [-0.2, -0.15) is 0 Å². The molecule has 1 amide bonds. The molecule has 0 saturated heterocycles. The van der Waals surface area contributed by atoms with Crippen molar-refractivity contribution < 1.29 is 22.7 Å². The Morgan fingerprint density at radius 1 is 1.03 bits per heavy atom. The maximum Gasteiger partial charge on any atom is 0.258 e. The van der Waals surface area contributed by atoms with Crippen LogP contribution >= 0.6 is 15.9 Å². The van der Waals surface area contributed by atoms with Gasteiger partial charge in [0.25, 0.3) is 5.91 Å². The highest BCUT2D eigenvalue weighted by Crippen LogP contribution is 2.39. The predicted octanol–water partition coefficient (Wildman–Crippen LogP) is 4.77. The molecule has 37 heavy (non-hydrogen) atoms. The van der Waals surface area contributed by atoms with Crippen molar-refractivity contribution in [2.24, 2.45) is 0 Å². The van der Waals surface area contributed by atoms with Crippen LogP contribution in [0, 0.1) is 0 Å². The minimum absolute atomic E-state index is 0.0411. The Morgan fingerprint density at radius 3 is 2.38 bits per heavy atom. The number of rotatable bonds is 9. The Bertz CT molecular complexity index is 1450. The molecular weight excluding hydrogens is 556 g/mol. The number of sulfonamides is 1. The summed E-state index contributed by atoms with van der Waals surface area (Å²) in [5, 5.41) is 0. The van der Waals surface area contributed by atoms with Gasteiger partial charge < -0.3 is 4.74 Å². The molecule has 0 fully saturated rings. The Morgan fingerprint density at radius 2 is 1.73 bits per heavy atom. The maximum atomic E-state index is 13.8. The lowest BCUT2D eigenvalue weighted by Crippen LogP contribution is -2.37. The van der Waals surface area contributed by atoms with Gasteiger partial charge in [-0.1, -0.05) is 59.3 Å². The quantitative estimate of drug-likeness (QED) is 0.367. The third kappa shape index (κ3) is 5.75. The summed E-state index contributed by atoms with van der Waals surface area (Å²) in [5.41, 5.74) is 3.95. The first-order valence-electron chi connectivity index (χ1n) is 11.8. The molecule has 0 aliphatic carbocycles. The van der Waals surface area contributed by atoms with E-state index in [9.17, 15) is 18.0 Å². The number of nitrogens with one attached hydrogen (secondary N) is 1. The first-order valence-corrected chi connectivity index (χ1v) is 14.1. The van der Waals surface area contributed by atoms with Crippen LogP contribution in [0.25, 0.3) is 5.57 Å². The van der Waals surface area contributed by atoms with Gasteiger partial charge in [-0.15, -0.1) is 0 Å². The van der Waals surface area contributed by atoms with Gasteiger partial charge in [-0.25, -0.2) is 13.1 Å². The van der Waals surface area contributed by atoms with Crippen molar-refractivity contribution >= 4 is 43.2 Å². The fraction of sp³-hybridized carbons (Fsp3) is 0.214. The minimum atomic E-state index is -3.74. The molecule has 4 rings (SSSR count). The fourth-order valence-corrected chi connectivity index (χ4v) is 5.63. The van der Waals surface area contributed by atoms with Crippen LogP contribution in [-0.2, 0) is 26.1 Å². The van der Waals surface area contributed by atoms with E-state index in [2.05, 4.69) is 20.7 Å². The van der Waals surface area contributed by atoms with Crippen molar-refractivity contribution in [1.82, 2.24) is 9.62 Å². The Hall–Kier alpha value is -3.11. The van der Waals surface area contributed by atoms with Gasteiger partial charge in [0, 0.05) is 35.7 Å². The van der Waals surface area contributed by atoms with Crippen LogP contribution in [0.3, 0.4) is 0 Å². The predicted molar refractivity (Wildman–Crippen MR) is 145 cm³/mol. The third-order valence-corrected chi connectivity index (χ3v) is 8.05. The second-order valence-electron chi connectivity index (χ2n) is 8.47. The molecular formula is C28H27BrN2O5S. The molecule has 9 heteroatoms. The van der Waals surface area contributed by atoms with Crippen molar-refractivity contribution in [3.8, 4) is 0 Å². The molecule has 3 aromatic carbocycles. The van der Waals surface area contributed by atoms with Gasteiger partial charge in [0.15, 0.2) is 5.78 Å². The minimum Gasteiger partial charge on any atom is -0.383 e. The van der Waals surface area contributed by atoms with Crippen LogP contribution in [0.1, 0.15) is 40.4 Å². The van der Waals surface area contributed by atoms with E-state index in [1.54, 1.807) is 6.92 Å². The maximum absolute atomic E-state index is 13.8. The summed E-state index contributed by atoms with van der Waals surface area (Å²) < 4.78 is 33.3. The molecule has 0 radical (unpaired) electrons. The van der Waals surface area contributed by atoms with Gasteiger partial charge in [0.1, 0.15) is 0 Å². The lowest BCUT2D eigenvalue weighted by Gasteiger charge is -2.33. The number of benzene rings is 3. The summed E-state index contributed by atoms with van der Waals surface area (Å²) in [4.78, 5) is 28.7. The van der Waals surface area contributed by atoms with E-state index in [4.69, 9.17) is 4.74 Å². The number of amides is 1. The molecule has 0 bridgehead atoms. The van der Waals surface area contributed by atoms with Crippen LogP contribution in [0.15, 0.2) is 87.9 Å². The van der Waals surface area contributed by atoms with Gasteiger partial charge in [0.2, 0.25) is 10.0 Å². The second-order valence-corrected chi connectivity index (χ2v) is 11.2. The first kappa shape index (κ1) is 26.9. The summed E-state index contributed by atoms with van der Waals surface area (Å²) in [6, 6.07) is 21.1. The lowest BCUT2D eigenvalue weighted by molar-refractivity contribution is -0.116. The number of hydrogen-bond acceptors (Lipinski definition) is 5. The zero-order chi connectivity index (χ0) is 26.6. The molecule has 0 atom stereocenters. The number of nitrogens with zero attached hydrogens (tertiary/aromatic N) is 1. The SMILES string of the molecule is CCC(=O)C1=C(c2ccccc2)c2cc(Br)ccc2CN1C(=O)c1ccc(S(=O)(=O)NCCOC)cc1. The molecule has 0 aromatic heterocycles. The fourth-order valence-electron chi connectivity index (χ4n) is 4.25. The molecule has 0 spiro atoms. The highest BCUT2D eigenvalue weighted by Gasteiger charge is 2.33. The number of halogens is 1. The van der Waals surface area contributed by atoms with E-state index in [0.29, 0.717) is 11.3 Å². The number of ketones is 1. The van der Waals surface area contributed by atoms with Crippen molar-refractivity contribution in [3.05, 3.63) is 105 Å². The van der Waals surface area contributed by atoms with Crippen LogP contribution in [0.5, 0.6) is 0 Å². The Balaban J connectivity index is 1.78. The average molecular weight is 584 g/mol. The topological polar surface area (TPSA) is 92.8 Å². The van der Waals surface area contributed by atoms with Gasteiger partial charge in [0.05, 0.1) is 23.7 Å². The lowest BCUT2D eigenvalue weighted by atomic mass is 9.86. The van der Waals surface area contributed by atoms with Gasteiger partial charge >= 0.3 is 0 Å². The van der Waals surface area contributed by atoms with Crippen molar-refractivity contribution in [2.45, 2.75) is 24.8 Å². The zero-order valence-corrected chi connectivity index (χ0v) is 22.9. The molecule has 1 aliphatic heterocycles. The van der Waals surface area contributed by atoms with Crippen LogP contribution in [0.2, 0.25) is 0 Å². The number of allylic oxidation sites excluding steroid dienone is 1. The van der Waals surface area contributed by atoms with E-state index < -0.39 is 10.0 Å². The molecule has 0 unspecified atom stereocenters. The van der Waals surface area contributed by atoms with E-state index in [1.807, 2.05) is 48.5 Å². The highest BCUT2D eigenvalue weighted by molar-refractivity contribution is 9.10. The van der Waals surface area contributed by atoms with E-state index in [0.717, 1.165) is 21.2 Å². The number of Topliss-reactive ketones (excluding diaryl/α,β-unsaturated/α-hetero) is 1.